The Hall–Kier alpha value is -2.18. The Morgan fingerprint density at radius 2 is 1.27 bits per heavy atom. The summed E-state index contributed by atoms with van der Waals surface area (Å²) in [6, 6.07) is 33.4. The molecule has 0 saturated heterocycles. The molecule has 0 spiro atoms. The van der Waals surface area contributed by atoms with Crippen molar-refractivity contribution < 1.29 is 4.74 Å². The molecule has 26 heavy (non-hydrogen) atoms. The second kappa shape index (κ2) is 7.60. The second-order valence-corrected chi connectivity index (χ2v) is 14.9. The van der Waals surface area contributed by atoms with Crippen LogP contribution in [-0.4, -0.2) is 28.9 Å². The molecule has 0 fully saturated rings. The predicted octanol–water partition coefficient (Wildman–Crippen LogP) is 3.67. The number of hydrogen-bond acceptors (Lipinski definition) is 1. The predicted molar refractivity (Wildman–Crippen MR) is 113 cm³/mol. The summed E-state index contributed by atoms with van der Waals surface area (Å²) in [6.07, 6.45) is 0. The first kappa shape index (κ1) is 17.2. The molecular weight excluding hydrogens is 513 g/mol. The fourth-order valence-corrected chi connectivity index (χ4v) is 12.7. The van der Waals surface area contributed by atoms with Gasteiger partial charge in [-0.3, -0.25) is 0 Å². The molecule has 2 heteroatoms. The van der Waals surface area contributed by atoms with Gasteiger partial charge < -0.3 is 0 Å². The molecule has 0 aromatic heterocycles. The molecule has 0 aliphatic rings. The molecule has 4 aromatic rings. The number of aryl methyl sites for hydroxylation is 1. The maximum atomic E-state index is 5.37. The van der Waals surface area contributed by atoms with Crippen LogP contribution in [-0.2, 0) is 0 Å². The standard InChI is InChI=1S/C10H7.C7H7O.C7H7.Bi/c1-2-6-10-8-4-3-7-9(10)5-1;1-8-7-5-3-2-4-6-7;1-7-5-3-2-4-6-7;/h1-7H;3-6H,1H3;3-6H,1H3;. The van der Waals surface area contributed by atoms with Crippen molar-refractivity contribution in [3.05, 3.63) is 96.6 Å². The molecular formula is C24H21BiO. The Kier molecular flexibility index (Phi) is 5.04. The molecule has 0 radical (unpaired) electrons. The Labute approximate surface area is 162 Å². The summed E-state index contributed by atoms with van der Waals surface area (Å²) < 4.78 is 9.88. The van der Waals surface area contributed by atoms with Gasteiger partial charge in [-0.25, -0.2) is 0 Å². The maximum absolute atomic E-state index is 5.37. The zero-order chi connectivity index (χ0) is 17.9. The van der Waals surface area contributed by atoms with Crippen LogP contribution in [0, 0.1) is 6.92 Å². The quantitative estimate of drug-likeness (QED) is 0.364. The fraction of sp³-hybridized carbons (Fsp3) is 0.0833. The Balaban J connectivity index is 1.93. The summed E-state index contributed by atoms with van der Waals surface area (Å²) >= 11 is -2.39. The average Bonchev–Trinajstić information content (AvgIpc) is 2.70. The number of benzene rings is 4. The van der Waals surface area contributed by atoms with Crippen molar-refractivity contribution in [3.8, 4) is 5.75 Å². The van der Waals surface area contributed by atoms with E-state index < -0.39 is 21.8 Å². The normalized spacial score (nSPS) is 11.0. The molecule has 128 valence electrons. The molecule has 4 aromatic carbocycles. The van der Waals surface area contributed by atoms with Gasteiger partial charge in [0.2, 0.25) is 0 Å². The van der Waals surface area contributed by atoms with E-state index in [9.17, 15) is 0 Å². The molecule has 1 nitrogen and oxygen atoms in total. The third-order valence-electron chi connectivity index (χ3n) is 4.63. The summed E-state index contributed by atoms with van der Waals surface area (Å²) in [5, 5.41) is 2.72. The summed E-state index contributed by atoms with van der Waals surface area (Å²) in [4.78, 5) is 0. The SMILES string of the molecule is COc1cc[c]([Bi]([c]2ccc(C)cc2)[c]2cccc3ccccc23)cc1. The molecule has 0 amide bonds. The topological polar surface area (TPSA) is 9.23 Å². The molecule has 4 rings (SSSR count). The zero-order valence-electron chi connectivity index (χ0n) is 15.0. The van der Waals surface area contributed by atoms with Crippen LogP contribution in [0.5, 0.6) is 5.75 Å². The third-order valence-corrected chi connectivity index (χ3v) is 14.4. The van der Waals surface area contributed by atoms with Gasteiger partial charge in [-0.15, -0.1) is 0 Å². The van der Waals surface area contributed by atoms with Gasteiger partial charge in [-0.2, -0.15) is 0 Å². The van der Waals surface area contributed by atoms with Crippen LogP contribution < -0.4 is 14.6 Å². The van der Waals surface area contributed by atoms with Crippen LogP contribution in [0.1, 0.15) is 5.56 Å². The van der Waals surface area contributed by atoms with Crippen LogP contribution in [0.4, 0.5) is 0 Å². The van der Waals surface area contributed by atoms with Gasteiger partial charge in [-0.05, 0) is 0 Å². The van der Waals surface area contributed by atoms with Crippen molar-refractivity contribution >= 4 is 42.3 Å². The van der Waals surface area contributed by atoms with Crippen molar-refractivity contribution in [2.24, 2.45) is 0 Å². The van der Waals surface area contributed by atoms with Gasteiger partial charge in [0.1, 0.15) is 0 Å². The Bertz CT molecular complexity index is 1010. The molecule has 0 unspecified atom stereocenters. The van der Waals surface area contributed by atoms with Crippen LogP contribution in [0.15, 0.2) is 91.0 Å². The molecule has 0 aliphatic carbocycles. The molecule has 0 bridgehead atoms. The van der Waals surface area contributed by atoms with E-state index in [1.165, 1.54) is 26.1 Å². The molecule has 0 heterocycles. The van der Waals surface area contributed by atoms with Gasteiger partial charge in [0.25, 0.3) is 0 Å². The summed E-state index contributed by atoms with van der Waals surface area (Å²) in [5.41, 5.74) is 1.31. The van der Waals surface area contributed by atoms with Crippen LogP contribution >= 0.6 is 0 Å². The van der Waals surface area contributed by atoms with Gasteiger partial charge in [0.05, 0.1) is 0 Å². The van der Waals surface area contributed by atoms with Crippen molar-refractivity contribution in [2.45, 2.75) is 6.92 Å². The number of rotatable bonds is 4. The monoisotopic (exact) mass is 534 g/mol. The van der Waals surface area contributed by atoms with E-state index in [2.05, 4.69) is 97.9 Å². The van der Waals surface area contributed by atoms with Crippen molar-refractivity contribution in [2.75, 3.05) is 7.11 Å². The van der Waals surface area contributed by atoms with E-state index in [1.807, 2.05) is 0 Å². The van der Waals surface area contributed by atoms with E-state index in [-0.39, 0.29) is 0 Å². The average molecular weight is 534 g/mol. The first-order valence-corrected chi connectivity index (χ1v) is 14.0. The first-order valence-electron chi connectivity index (χ1n) is 8.75. The van der Waals surface area contributed by atoms with Gasteiger partial charge in [-0.1, -0.05) is 0 Å². The summed E-state index contributed by atoms with van der Waals surface area (Å²) in [6.45, 7) is 2.15. The summed E-state index contributed by atoms with van der Waals surface area (Å²) in [5.74, 6) is 0.916. The minimum absolute atomic E-state index is 0.916. The number of methoxy groups -OCH3 is 1. The van der Waals surface area contributed by atoms with E-state index >= 15 is 0 Å². The van der Waals surface area contributed by atoms with Crippen molar-refractivity contribution in [1.82, 2.24) is 0 Å². The zero-order valence-corrected chi connectivity index (χ0v) is 18.5. The first-order chi connectivity index (χ1) is 12.8. The molecule has 0 N–H and O–H groups in total. The van der Waals surface area contributed by atoms with Gasteiger partial charge in [0, 0.05) is 0 Å². The van der Waals surface area contributed by atoms with Gasteiger partial charge in [0.15, 0.2) is 0 Å². The second-order valence-electron chi connectivity index (χ2n) is 6.37. The van der Waals surface area contributed by atoms with Gasteiger partial charge >= 0.3 is 163 Å². The summed E-state index contributed by atoms with van der Waals surface area (Å²) in [7, 11) is 1.72. The van der Waals surface area contributed by atoms with Crippen molar-refractivity contribution in [1.29, 1.82) is 0 Å². The van der Waals surface area contributed by atoms with E-state index in [0.29, 0.717) is 0 Å². The van der Waals surface area contributed by atoms with Crippen LogP contribution in [0.3, 0.4) is 0 Å². The number of ether oxygens (including phenoxy) is 1. The molecule has 0 atom stereocenters. The van der Waals surface area contributed by atoms with E-state index in [1.54, 1.807) is 7.11 Å². The minimum atomic E-state index is -2.39. The molecule has 0 saturated carbocycles. The number of hydrogen-bond donors (Lipinski definition) is 0. The Morgan fingerprint density at radius 1 is 0.654 bits per heavy atom. The molecule has 0 aliphatic heterocycles. The van der Waals surface area contributed by atoms with Crippen molar-refractivity contribution in [3.63, 3.8) is 0 Å². The van der Waals surface area contributed by atoms with Crippen LogP contribution in [0.25, 0.3) is 10.8 Å². The number of fused-ring (bicyclic) bond motifs is 1. The Morgan fingerprint density at radius 3 is 1.96 bits per heavy atom. The van der Waals surface area contributed by atoms with Crippen LogP contribution in [0.2, 0.25) is 0 Å². The van der Waals surface area contributed by atoms with E-state index in [0.717, 1.165) is 5.75 Å². The third kappa shape index (κ3) is 3.39. The van der Waals surface area contributed by atoms with E-state index in [4.69, 9.17) is 4.74 Å². The fourth-order valence-electron chi connectivity index (χ4n) is 3.26.